The highest BCUT2D eigenvalue weighted by Crippen LogP contribution is 2.28. The van der Waals surface area contributed by atoms with Crippen molar-refractivity contribution in [2.24, 2.45) is 0 Å². The number of nitrogens with zero attached hydrogens (tertiary/aromatic N) is 1. The average Bonchev–Trinajstić information content (AvgIpc) is 2.96. The van der Waals surface area contributed by atoms with Crippen molar-refractivity contribution in [2.45, 2.75) is 12.8 Å². The van der Waals surface area contributed by atoms with Gasteiger partial charge in [-0.2, -0.15) is 0 Å². The van der Waals surface area contributed by atoms with Gasteiger partial charge in [-0.15, -0.1) is 0 Å². The fourth-order valence-corrected chi connectivity index (χ4v) is 2.84. The van der Waals surface area contributed by atoms with Gasteiger partial charge in [0.2, 0.25) is 0 Å². The number of nitrogens with one attached hydrogen (secondary N) is 1. The minimum Gasteiger partial charge on any atom is -0.493 e. The number of hydrogen-bond acceptors (Lipinski definition) is 5. The summed E-state index contributed by atoms with van der Waals surface area (Å²) in [5.74, 6) is 1.64. The number of hydrogen-bond donors (Lipinski definition) is 1. The molecule has 1 fully saturated rings. The van der Waals surface area contributed by atoms with Crippen LogP contribution < -0.4 is 10.1 Å². The van der Waals surface area contributed by atoms with Gasteiger partial charge in [0, 0.05) is 44.5 Å². The lowest BCUT2D eigenvalue weighted by Gasteiger charge is -2.26. The van der Waals surface area contributed by atoms with Crippen LogP contribution in [0.15, 0.2) is 28.7 Å². The van der Waals surface area contributed by atoms with E-state index in [4.69, 9.17) is 9.15 Å². The summed E-state index contributed by atoms with van der Waals surface area (Å²) >= 11 is 0. The second kappa shape index (κ2) is 6.94. The first kappa shape index (κ1) is 15.1. The van der Waals surface area contributed by atoms with E-state index in [1.165, 1.54) is 0 Å². The van der Waals surface area contributed by atoms with Crippen LogP contribution in [-0.4, -0.2) is 50.5 Å². The molecule has 0 spiro atoms. The number of rotatable bonds is 6. The van der Waals surface area contributed by atoms with Crippen molar-refractivity contribution in [3.63, 3.8) is 0 Å². The number of piperazine rings is 1. The number of ether oxygens (including phenoxy) is 1. The zero-order chi connectivity index (χ0) is 15.4. The van der Waals surface area contributed by atoms with Gasteiger partial charge in [-0.25, -0.2) is 0 Å². The summed E-state index contributed by atoms with van der Waals surface area (Å²) in [5, 5.41) is 4.29. The summed E-state index contributed by atoms with van der Waals surface area (Å²) in [6.45, 7) is 4.91. The second-order valence-corrected chi connectivity index (χ2v) is 5.65. The van der Waals surface area contributed by atoms with E-state index in [0.717, 1.165) is 43.7 Å². The molecule has 22 heavy (non-hydrogen) atoms. The van der Waals surface area contributed by atoms with Crippen molar-refractivity contribution in [2.75, 3.05) is 39.8 Å². The lowest BCUT2D eigenvalue weighted by Crippen LogP contribution is -2.44. The monoisotopic (exact) mass is 302 g/mol. The molecule has 1 aliphatic heterocycles. The topological polar surface area (TPSA) is 54.7 Å². The van der Waals surface area contributed by atoms with Crippen LogP contribution in [0.25, 0.3) is 11.0 Å². The summed E-state index contributed by atoms with van der Waals surface area (Å²) in [6, 6.07) is 7.69. The lowest BCUT2D eigenvalue weighted by atomic mass is 10.1. The van der Waals surface area contributed by atoms with Crippen molar-refractivity contribution < 1.29 is 13.9 Å². The summed E-state index contributed by atoms with van der Waals surface area (Å²) in [6.07, 6.45) is 0.929. The van der Waals surface area contributed by atoms with Crippen LogP contribution in [0.4, 0.5) is 0 Å². The Hall–Kier alpha value is -1.85. The third-order valence-electron chi connectivity index (χ3n) is 4.07. The molecule has 0 bridgehead atoms. The number of methoxy groups -OCH3 is 1. The highest BCUT2D eigenvalue weighted by molar-refractivity contribution is 5.86. The number of carbonyl (C=O) groups excluding carboxylic acids is 1. The minimum absolute atomic E-state index is 0.219. The first-order chi connectivity index (χ1) is 10.8. The second-order valence-electron chi connectivity index (χ2n) is 5.65. The molecule has 0 unspecified atom stereocenters. The van der Waals surface area contributed by atoms with Crippen LogP contribution in [0.2, 0.25) is 0 Å². The lowest BCUT2D eigenvalue weighted by molar-refractivity contribution is -0.119. The maximum absolute atomic E-state index is 12.2. The third kappa shape index (κ3) is 3.48. The SMILES string of the molecule is COc1cccc2cc(CC(=O)CCN3CCNCC3)oc12. The molecule has 0 saturated carbocycles. The first-order valence-electron chi connectivity index (χ1n) is 7.76. The van der Waals surface area contributed by atoms with Crippen LogP contribution in [0, 0.1) is 0 Å². The molecule has 0 atom stereocenters. The molecule has 2 heterocycles. The number of furan rings is 1. The Morgan fingerprint density at radius 1 is 1.36 bits per heavy atom. The number of carbonyl (C=O) groups is 1. The van der Waals surface area contributed by atoms with Crippen molar-refractivity contribution >= 4 is 16.8 Å². The van der Waals surface area contributed by atoms with E-state index in [0.29, 0.717) is 24.4 Å². The molecule has 1 aromatic carbocycles. The molecule has 0 radical (unpaired) electrons. The number of Topliss-reactive ketones (excluding diaryl/α,β-unsaturated/α-hetero) is 1. The van der Waals surface area contributed by atoms with E-state index in [-0.39, 0.29) is 5.78 Å². The smallest absolute Gasteiger partial charge is 0.176 e. The van der Waals surface area contributed by atoms with Crippen LogP contribution in [0.3, 0.4) is 0 Å². The quantitative estimate of drug-likeness (QED) is 0.882. The van der Waals surface area contributed by atoms with Crippen molar-refractivity contribution in [3.8, 4) is 5.75 Å². The molecule has 0 aliphatic carbocycles. The van der Waals surface area contributed by atoms with Crippen LogP contribution in [0.5, 0.6) is 5.75 Å². The minimum atomic E-state index is 0.219. The fourth-order valence-electron chi connectivity index (χ4n) is 2.84. The normalized spacial score (nSPS) is 16.0. The van der Waals surface area contributed by atoms with Crippen LogP contribution in [-0.2, 0) is 11.2 Å². The van der Waals surface area contributed by atoms with Gasteiger partial charge in [0.25, 0.3) is 0 Å². The largest absolute Gasteiger partial charge is 0.493 e. The Morgan fingerprint density at radius 2 is 2.18 bits per heavy atom. The highest BCUT2D eigenvalue weighted by atomic mass is 16.5. The predicted octanol–water partition coefficient (Wildman–Crippen LogP) is 1.85. The standard InChI is InChI=1S/C17H22N2O3/c1-21-16-4-2-3-13-11-15(22-17(13)16)12-14(20)5-8-19-9-6-18-7-10-19/h2-4,11,18H,5-10,12H2,1H3. The molecule has 2 aromatic rings. The molecule has 5 nitrogen and oxygen atoms in total. The van der Waals surface area contributed by atoms with Crippen molar-refractivity contribution in [1.82, 2.24) is 10.2 Å². The van der Waals surface area contributed by atoms with E-state index >= 15 is 0 Å². The molecule has 3 rings (SSSR count). The Bertz CT molecular complexity index is 644. The molecule has 1 saturated heterocycles. The van der Waals surface area contributed by atoms with Gasteiger partial charge in [0.1, 0.15) is 11.5 Å². The van der Waals surface area contributed by atoms with Gasteiger partial charge in [-0.05, 0) is 12.1 Å². The summed E-state index contributed by atoms with van der Waals surface area (Å²) in [7, 11) is 1.62. The van der Waals surface area contributed by atoms with Gasteiger partial charge < -0.3 is 19.4 Å². The summed E-state index contributed by atoms with van der Waals surface area (Å²) in [5.41, 5.74) is 0.718. The number of fused-ring (bicyclic) bond motifs is 1. The van der Waals surface area contributed by atoms with E-state index < -0.39 is 0 Å². The van der Waals surface area contributed by atoms with Gasteiger partial charge in [0.05, 0.1) is 13.5 Å². The van der Waals surface area contributed by atoms with E-state index in [2.05, 4.69) is 10.2 Å². The molecular formula is C17H22N2O3. The molecule has 118 valence electrons. The number of ketones is 1. The highest BCUT2D eigenvalue weighted by Gasteiger charge is 2.14. The van der Waals surface area contributed by atoms with Gasteiger partial charge in [0.15, 0.2) is 11.3 Å². The predicted molar refractivity (Wildman–Crippen MR) is 85.4 cm³/mol. The first-order valence-corrected chi connectivity index (χ1v) is 7.76. The van der Waals surface area contributed by atoms with Crippen LogP contribution in [0.1, 0.15) is 12.2 Å². The van der Waals surface area contributed by atoms with E-state index in [9.17, 15) is 4.79 Å². The Kier molecular flexibility index (Phi) is 4.75. The summed E-state index contributed by atoms with van der Waals surface area (Å²) in [4.78, 5) is 14.5. The molecule has 5 heteroatoms. The summed E-state index contributed by atoms with van der Waals surface area (Å²) < 4.78 is 11.1. The van der Waals surface area contributed by atoms with Gasteiger partial charge in [-0.3, -0.25) is 4.79 Å². The zero-order valence-corrected chi connectivity index (χ0v) is 12.9. The zero-order valence-electron chi connectivity index (χ0n) is 12.9. The third-order valence-corrected chi connectivity index (χ3v) is 4.07. The van der Waals surface area contributed by atoms with E-state index in [1.54, 1.807) is 7.11 Å². The number of para-hydroxylation sites is 1. The Balaban J connectivity index is 1.59. The van der Waals surface area contributed by atoms with Gasteiger partial charge in [-0.1, -0.05) is 12.1 Å². The van der Waals surface area contributed by atoms with E-state index in [1.807, 2.05) is 24.3 Å². The fraction of sp³-hybridized carbons (Fsp3) is 0.471. The molecule has 1 aliphatic rings. The Labute approximate surface area is 130 Å². The van der Waals surface area contributed by atoms with Gasteiger partial charge >= 0.3 is 0 Å². The molecule has 0 amide bonds. The van der Waals surface area contributed by atoms with Crippen molar-refractivity contribution in [1.29, 1.82) is 0 Å². The maximum atomic E-state index is 12.2. The molecular weight excluding hydrogens is 280 g/mol. The van der Waals surface area contributed by atoms with Crippen LogP contribution >= 0.6 is 0 Å². The Morgan fingerprint density at radius 3 is 2.95 bits per heavy atom. The average molecular weight is 302 g/mol. The maximum Gasteiger partial charge on any atom is 0.176 e. The molecule has 1 aromatic heterocycles. The number of benzene rings is 1. The van der Waals surface area contributed by atoms with Crippen molar-refractivity contribution in [3.05, 3.63) is 30.0 Å². The molecule has 1 N–H and O–H groups in total.